The Morgan fingerprint density at radius 3 is 2.36 bits per heavy atom. The minimum absolute atomic E-state index is 0.0722. The van der Waals surface area contributed by atoms with Crippen molar-refractivity contribution in [2.75, 3.05) is 13.2 Å². The second-order valence-electron chi connectivity index (χ2n) is 7.68. The lowest BCUT2D eigenvalue weighted by Crippen LogP contribution is -2.33. The molecule has 2 aromatic carbocycles. The number of hydrogen-bond donors (Lipinski definition) is 0. The maximum absolute atomic E-state index is 14.3. The van der Waals surface area contributed by atoms with Crippen LogP contribution in [0.1, 0.15) is 18.5 Å². The zero-order chi connectivity index (χ0) is 24.0. The van der Waals surface area contributed by atoms with Gasteiger partial charge in [-0.1, -0.05) is 6.07 Å². The van der Waals surface area contributed by atoms with Crippen molar-refractivity contribution >= 4 is 0 Å². The van der Waals surface area contributed by atoms with Crippen LogP contribution in [0.3, 0.4) is 0 Å². The van der Waals surface area contributed by atoms with E-state index < -0.39 is 47.9 Å². The first-order valence-electron chi connectivity index (χ1n) is 9.83. The van der Waals surface area contributed by atoms with E-state index in [9.17, 15) is 31.1 Å². The van der Waals surface area contributed by atoms with E-state index in [1.165, 1.54) is 51.9 Å². The summed E-state index contributed by atoms with van der Waals surface area (Å²) in [7, 11) is 0. The third kappa shape index (κ3) is 4.24. The van der Waals surface area contributed by atoms with Crippen molar-refractivity contribution in [1.29, 1.82) is 0 Å². The predicted octanol–water partition coefficient (Wildman–Crippen LogP) is 4.68. The molecule has 0 radical (unpaired) electrons. The summed E-state index contributed by atoms with van der Waals surface area (Å²) in [5.74, 6) is -5.86. The highest BCUT2D eigenvalue weighted by molar-refractivity contribution is 5.38. The van der Waals surface area contributed by atoms with Gasteiger partial charge in [0, 0.05) is 24.0 Å². The van der Waals surface area contributed by atoms with Gasteiger partial charge in [0.25, 0.3) is 0 Å². The molecule has 0 spiro atoms. The molecule has 3 aromatic rings. The van der Waals surface area contributed by atoms with Crippen LogP contribution < -0.4 is 10.4 Å². The number of rotatable bonds is 8. The van der Waals surface area contributed by atoms with Crippen LogP contribution in [0.25, 0.3) is 5.69 Å². The van der Waals surface area contributed by atoms with Gasteiger partial charge in [-0.3, -0.25) is 9.13 Å². The Morgan fingerprint density at radius 1 is 1.12 bits per heavy atom. The van der Waals surface area contributed by atoms with Crippen molar-refractivity contribution in [3.8, 4) is 11.4 Å². The van der Waals surface area contributed by atoms with Crippen molar-refractivity contribution in [1.82, 2.24) is 9.13 Å². The smallest absolute Gasteiger partial charge is 0.340 e. The van der Waals surface area contributed by atoms with Crippen molar-refractivity contribution in [2.45, 2.75) is 30.9 Å². The molecule has 0 unspecified atom stereocenters. The second-order valence-corrected chi connectivity index (χ2v) is 7.68. The third-order valence-electron chi connectivity index (χ3n) is 5.60. The lowest BCUT2D eigenvalue weighted by molar-refractivity contribution is -0.148. The first-order valence-corrected chi connectivity index (χ1v) is 9.83. The number of aromatic nitrogens is 2. The van der Waals surface area contributed by atoms with Gasteiger partial charge in [-0.05, 0) is 37.3 Å². The largest absolute Gasteiger partial charge is 0.487 e. The van der Waals surface area contributed by atoms with Crippen LogP contribution in [0.15, 0.2) is 59.7 Å². The molecule has 0 N–H and O–H groups in total. The molecule has 33 heavy (non-hydrogen) atoms. The standard InChI is InChI=1S/C22H18F6N2O3/c1-13(21(11-33-21)17-7-2-14(23)10-18(17)24)29-8-9-30(20(29)31)15-3-5-16(6-4-15)32-12-22(27,28)19(25)26/h2-10,13,19H,11-12H2,1H3/t13-,21+/m1/s1. The van der Waals surface area contributed by atoms with Gasteiger partial charge in [0.05, 0.1) is 18.3 Å². The number of halogens is 6. The van der Waals surface area contributed by atoms with E-state index >= 15 is 0 Å². The van der Waals surface area contributed by atoms with E-state index in [0.717, 1.165) is 12.1 Å². The molecule has 2 heterocycles. The SMILES string of the molecule is C[C@@H](n1ccn(-c2ccc(OCC(F)(F)C(F)F)cc2)c1=O)[C@]1(c2ccc(F)cc2F)CO1. The van der Waals surface area contributed by atoms with Gasteiger partial charge in [0.2, 0.25) is 0 Å². The van der Waals surface area contributed by atoms with Crippen LogP contribution in [-0.4, -0.2) is 34.7 Å². The fourth-order valence-corrected chi connectivity index (χ4v) is 3.58. The quantitative estimate of drug-likeness (QED) is 0.353. The third-order valence-corrected chi connectivity index (χ3v) is 5.60. The maximum atomic E-state index is 14.3. The molecule has 4 rings (SSSR count). The first kappa shape index (κ1) is 23.0. The number of epoxide rings is 1. The van der Waals surface area contributed by atoms with Gasteiger partial charge in [0.1, 0.15) is 23.0 Å². The normalized spacial score (nSPS) is 19.0. The van der Waals surface area contributed by atoms with Crippen molar-refractivity contribution in [3.63, 3.8) is 0 Å². The van der Waals surface area contributed by atoms with Gasteiger partial charge >= 0.3 is 18.0 Å². The maximum Gasteiger partial charge on any atom is 0.340 e. The van der Waals surface area contributed by atoms with E-state index in [1.807, 2.05) is 0 Å². The number of imidazole rings is 1. The molecule has 5 nitrogen and oxygen atoms in total. The molecule has 1 saturated heterocycles. The number of nitrogens with zero attached hydrogens (tertiary/aromatic N) is 2. The van der Waals surface area contributed by atoms with Crippen LogP contribution in [-0.2, 0) is 10.3 Å². The average Bonchev–Trinajstić information content (AvgIpc) is 3.48. The summed E-state index contributed by atoms with van der Waals surface area (Å²) in [6.07, 6.45) is -0.915. The van der Waals surface area contributed by atoms with Crippen molar-refractivity contribution in [3.05, 3.63) is 82.5 Å². The van der Waals surface area contributed by atoms with E-state index in [2.05, 4.69) is 0 Å². The Bertz CT molecular complexity index is 1200. The van der Waals surface area contributed by atoms with E-state index in [0.29, 0.717) is 5.69 Å². The molecule has 0 bridgehead atoms. The lowest BCUT2D eigenvalue weighted by atomic mass is 9.92. The molecule has 2 atom stereocenters. The number of benzene rings is 2. The average molecular weight is 472 g/mol. The van der Waals surface area contributed by atoms with Crippen LogP contribution in [0.2, 0.25) is 0 Å². The Balaban J connectivity index is 1.54. The van der Waals surface area contributed by atoms with Crippen molar-refractivity contribution < 1.29 is 35.8 Å². The highest BCUT2D eigenvalue weighted by Crippen LogP contribution is 2.48. The molecule has 0 amide bonds. The van der Waals surface area contributed by atoms with Gasteiger partial charge in [-0.15, -0.1) is 0 Å². The highest BCUT2D eigenvalue weighted by atomic mass is 19.3. The van der Waals surface area contributed by atoms with Gasteiger partial charge in [-0.2, -0.15) is 8.78 Å². The summed E-state index contributed by atoms with van der Waals surface area (Å²) in [6.45, 7) is 0.325. The molecule has 176 valence electrons. The van der Waals surface area contributed by atoms with Crippen LogP contribution in [0, 0.1) is 11.6 Å². The fraction of sp³-hybridized carbons (Fsp3) is 0.318. The summed E-state index contributed by atoms with van der Waals surface area (Å²) in [6, 6.07) is 7.85. The summed E-state index contributed by atoms with van der Waals surface area (Å²) in [5.41, 5.74) is -1.12. The Kier molecular flexibility index (Phi) is 5.77. The number of alkyl halides is 4. The molecule has 1 fully saturated rings. The summed E-state index contributed by atoms with van der Waals surface area (Å²) in [4.78, 5) is 13.0. The van der Waals surface area contributed by atoms with E-state index in [-0.39, 0.29) is 17.9 Å². The summed E-state index contributed by atoms with van der Waals surface area (Å²) in [5, 5.41) is 0. The topological polar surface area (TPSA) is 48.7 Å². The van der Waals surface area contributed by atoms with Gasteiger partial charge < -0.3 is 9.47 Å². The van der Waals surface area contributed by atoms with Crippen LogP contribution >= 0.6 is 0 Å². The Hall–Kier alpha value is -3.21. The second kappa shape index (κ2) is 8.29. The minimum atomic E-state index is -4.28. The zero-order valence-corrected chi connectivity index (χ0v) is 17.2. The summed E-state index contributed by atoms with van der Waals surface area (Å²) >= 11 is 0. The first-order chi connectivity index (χ1) is 15.5. The molecule has 1 aromatic heterocycles. The highest BCUT2D eigenvalue weighted by Gasteiger charge is 2.54. The lowest BCUT2D eigenvalue weighted by Gasteiger charge is -2.22. The molecule has 0 aliphatic carbocycles. The van der Waals surface area contributed by atoms with Crippen LogP contribution in [0.5, 0.6) is 5.75 Å². The molecule has 1 aliphatic heterocycles. The Morgan fingerprint density at radius 2 is 1.79 bits per heavy atom. The molecular weight excluding hydrogens is 454 g/mol. The zero-order valence-electron chi connectivity index (χ0n) is 17.2. The van der Waals surface area contributed by atoms with E-state index in [1.54, 1.807) is 6.92 Å². The molecule has 11 heteroatoms. The van der Waals surface area contributed by atoms with Gasteiger partial charge in [-0.25, -0.2) is 22.4 Å². The molecular formula is C22H18F6N2O3. The van der Waals surface area contributed by atoms with E-state index in [4.69, 9.17) is 9.47 Å². The predicted molar refractivity (Wildman–Crippen MR) is 105 cm³/mol. The number of ether oxygens (including phenoxy) is 2. The summed E-state index contributed by atoms with van der Waals surface area (Å²) < 4.78 is 90.9. The van der Waals surface area contributed by atoms with Gasteiger partial charge in [0.15, 0.2) is 6.61 Å². The Labute approximate surface area is 183 Å². The van der Waals surface area contributed by atoms with Crippen LogP contribution in [0.4, 0.5) is 26.3 Å². The monoisotopic (exact) mass is 472 g/mol. The molecule has 0 saturated carbocycles. The molecule has 1 aliphatic rings. The fourth-order valence-electron chi connectivity index (χ4n) is 3.58. The van der Waals surface area contributed by atoms with Crippen molar-refractivity contribution in [2.24, 2.45) is 0 Å². The number of hydrogen-bond acceptors (Lipinski definition) is 3. The minimum Gasteiger partial charge on any atom is -0.487 e.